The molecule has 3 aromatic carbocycles. The predicted molar refractivity (Wildman–Crippen MR) is 130 cm³/mol. The molecule has 0 saturated heterocycles. The Hall–Kier alpha value is -4.35. The smallest absolute Gasteiger partial charge is 0.422 e. The Bertz CT molecular complexity index is 1370. The summed E-state index contributed by atoms with van der Waals surface area (Å²) in [7, 11) is 0. The second-order valence-electron chi connectivity index (χ2n) is 8.29. The van der Waals surface area contributed by atoms with E-state index in [2.05, 4.69) is 30.3 Å². The van der Waals surface area contributed by atoms with Crippen LogP contribution in [0, 0.1) is 6.92 Å². The third kappa shape index (κ3) is 7.58. The number of anilines is 3. The standard InChI is InChI=1S/C26H21F6N5O/c1-16-5-9-18(10-6-16)19-11-7-17(8-12-19)14-33-22-35-23(37-24(36-22)38-15-25(27,28)29)34-21-4-2-3-20(13-21)26(30,31)32/h2-13H,14-15H2,1H3,(H2,33,34,35,36,37). The quantitative estimate of drug-likeness (QED) is 0.234. The fraction of sp³-hybridized carbons (Fsp3) is 0.192. The molecule has 0 aliphatic carbocycles. The minimum absolute atomic E-state index is 0.0227. The van der Waals surface area contributed by atoms with Crippen molar-refractivity contribution in [2.45, 2.75) is 25.8 Å². The Kier molecular flexibility index (Phi) is 7.70. The lowest BCUT2D eigenvalue weighted by molar-refractivity contribution is -0.154. The van der Waals surface area contributed by atoms with Crippen molar-refractivity contribution in [3.8, 4) is 17.1 Å². The van der Waals surface area contributed by atoms with Gasteiger partial charge in [0.2, 0.25) is 11.9 Å². The first-order valence-electron chi connectivity index (χ1n) is 11.2. The molecule has 198 valence electrons. The first-order valence-corrected chi connectivity index (χ1v) is 11.2. The van der Waals surface area contributed by atoms with Gasteiger partial charge in [-0.2, -0.15) is 41.3 Å². The molecule has 0 bridgehead atoms. The summed E-state index contributed by atoms with van der Waals surface area (Å²) in [6, 6.07) is 19.2. The van der Waals surface area contributed by atoms with Crippen LogP contribution in [0.5, 0.6) is 6.01 Å². The number of hydrogen-bond donors (Lipinski definition) is 2. The van der Waals surface area contributed by atoms with E-state index in [0.29, 0.717) is 0 Å². The number of ether oxygens (including phenoxy) is 1. The Morgan fingerprint density at radius 2 is 1.39 bits per heavy atom. The van der Waals surface area contributed by atoms with E-state index in [0.717, 1.165) is 34.4 Å². The molecule has 1 heterocycles. The molecular weight excluding hydrogens is 512 g/mol. The molecular formula is C26H21F6N5O. The van der Waals surface area contributed by atoms with Crippen molar-refractivity contribution in [3.63, 3.8) is 0 Å². The van der Waals surface area contributed by atoms with Gasteiger partial charge in [-0.3, -0.25) is 0 Å². The number of alkyl halides is 6. The minimum atomic E-state index is -4.64. The maximum atomic E-state index is 13.0. The molecule has 0 unspecified atom stereocenters. The fourth-order valence-corrected chi connectivity index (χ4v) is 3.35. The number of nitrogens with zero attached hydrogens (tertiary/aromatic N) is 3. The molecule has 0 aliphatic heterocycles. The van der Waals surface area contributed by atoms with Crippen LogP contribution in [0.4, 0.5) is 43.9 Å². The monoisotopic (exact) mass is 533 g/mol. The van der Waals surface area contributed by atoms with Crippen molar-refractivity contribution in [1.82, 2.24) is 15.0 Å². The van der Waals surface area contributed by atoms with Crippen molar-refractivity contribution in [1.29, 1.82) is 0 Å². The highest BCUT2D eigenvalue weighted by Gasteiger charge is 2.31. The molecule has 0 amide bonds. The average molecular weight is 533 g/mol. The number of nitrogens with one attached hydrogen (secondary N) is 2. The van der Waals surface area contributed by atoms with E-state index in [-0.39, 0.29) is 24.1 Å². The van der Waals surface area contributed by atoms with Crippen LogP contribution in [0.1, 0.15) is 16.7 Å². The van der Waals surface area contributed by atoms with Gasteiger partial charge in [0.25, 0.3) is 0 Å². The highest BCUT2D eigenvalue weighted by atomic mass is 19.4. The molecule has 0 aliphatic rings. The first-order chi connectivity index (χ1) is 17.9. The maximum Gasteiger partial charge on any atom is 0.422 e. The van der Waals surface area contributed by atoms with E-state index in [1.165, 1.54) is 12.1 Å². The summed E-state index contributed by atoms with van der Waals surface area (Å²) in [4.78, 5) is 11.7. The van der Waals surface area contributed by atoms with Gasteiger partial charge in [-0.15, -0.1) is 0 Å². The Balaban J connectivity index is 1.52. The van der Waals surface area contributed by atoms with E-state index in [1.54, 1.807) is 0 Å². The molecule has 12 heteroatoms. The van der Waals surface area contributed by atoms with E-state index < -0.39 is 30.5 Å². The van der Waals surface area contributed by atoms with Crippen LogP contribution >= 0.6 is 0 Å². The molecule has 0 saturated carbocycles. The average Bonchev–Trinajstić information content (AvgIpc) is 2.86. The van der Waals surface area contributed by atoms with Gasteiger partial charge in [-0.1, -0.05) is 60.2 Å². The van der Waals surface area contributed by atoms with Gasteiger partial charge >= 0.3 is 18.4 Å². The summed E-state index contributed by atoms with van der Waals surface area (Å²) in [5.74, 6) is -0.428. The van der Waals surface area contributed by atoms with Gasteiger partial charge < -0.3 is 15.4 Å². The molecule has 4 rings (SSSR count). The molecule has 4 aromatic rings. The molecule has 0 fully saturated rings. The number of rotatable bonds is 8. The van der Waals surface area contributed by atoms with Crippen LogP contribution in [0.25, 0.3) is 11.1 Å². The van der Waals surface area contributed by atoms with Gasteiger partial charge in [0, 0.05) is 12.2 Å². The van der Waals surface area contributed by atoms with Gasteiger partial charge in [-0.05, 0) is 41.8 Å². The van der Waals surface area contributed by atoms with Crippen LogP contribution in [0.2, 0.25) is 0 Å². The van der Waals surface area contributed by atoms with Crippen LogP contribution < -0.4 is 15.4 Å². The van der Waals surface area contributed by atoms with E-state index >= 15 is 0 Å². The minimum Gasteiger partial charge on any atom is -0.454 e. The molecule has 6 nitrogen and oxygen atoms in total. The summed E-state index contributed by atoms with van der Waals surface area (Å²) in [6.07, 6.45) is -9.23. The third-order valence-electron chi connectivity index (χ3n) is 5.22. The van der Waals surface area contributed by atoms with E-state index in [1.807, 2.05) is 55.5 Å². The predicted octanol–water partition coefficient (Wildman–Crippen LogP) is 7.16. The number of hydrogen-bond acceptors (Lipinski definition) is 6. The molecule has 1 aromatic heterocycles. The van der Waals surface area contributed by atoms with Crippen molar-refractivity contribution in [3.05, 3.63) is 89.5 Å². The summed E-state index contributed by atoms with van der Waals surface area (Å²) in [5, 5.41) is 5.44. The van der Waals surface area contributed by atoms with E-state index in [9.17, 15) is 26.3 Å². The first kappa shape index (κ1) is 26.7. The largest absolute Gasteiger partial charge is 0.454 e. The van der Waals surface area contributed by atoms with Crippen molar-refractivity contribution in [2.75, 3.05) is 17.2 Å². The number of benzene rings is 3. The number of aromatic nitrogens is 3. The van der Waals surface area contributed by atoms with Crippen LogP contribution in [-0.4, -0.2) is 27.7 Å². The fourth-order valence-electron chi connectivity index (χ4n) is 3.35. The second-order valence-corrected chi connectivity index (χ2v) is 8.29. The molecule has 0 atom stereocenters. The Morgan fingerprint density at radius 1 is 0.763 bits per heavy atom. The number of halogens is 6. The van der Waals surface area contributed by atoms with Crippen molar-refractivity contribution >= 4 is 17.6 Å². The van der Waals surface area contributed by atoms with Gasteiger partial charge in [-0.25, -0.2) is 0 Å². The lowest BCUT2D eigenvalue weighted by Crippen LogP contribution is -2.21. The second kappa shape index (κ2) is 11.0. The lowest BCUT2D eigenvalue weighted by Gasteiger charge is -2.13. The molecule has 2 N–H and O–H groups in total. The lowest BCUT2D eigenvalue weighted by atomic mass is 10.0. The van der Waals surface area contributed by atoms with Crippen LogP contribution in [0.3, 0.4) is 0 Å². The summed E-state index contributed by atoms with van der Waals surface area (Å²) >= 11 is 0. The van der Waals surface area contributed by atoms with Crippen molar-refractivity contribution < 1.29 is 31.1 Å². The van der Waals surface area contributed by atoms with Gasteiger partial charge in [0.15, 0.2) is 6.61 Å². The SMILES string of the molecule is Cc1ccc(-c2ccc(CNc3nc(Nc4cccc(C(F)(F)F)c4)nc(OCC(F)(F)F)n3)cc2)cc1. The highest BCUT2D eigenvalue weighted by Crippen LogP contribution is 2.31. The normalized spacial score (nSPS) is 11.8. The van der Waals surface area contributed by atoms with Gasteiger partial charge in [0.05, 0.1) is 5.56 Å². The zero-order chi connectivity index (χ0) is 27.3. The zero-order valence-corrected chi connectivity index (χ0v) is 19.9. The Labute approximate surface area is 213 Å². The Morgan fingerprint density at radius 3 is 2.03 bits per heavy atom. The molecule has 0 spiro atoms. The topological polar surface area (TPSA) is 72.0 Å². The summed E-state index contributed by atoms with van der Waals surface area (Å²) in [5.41, 5.74) is 3.08. The van der Waals surface area contributed by atoms with Crippen LogP contribution in [0.15, 0.2) is 72.8 Å². The molecule has 38 heavy (non-hydrogen) atoms. The maximum absolute atomic E-state index is 13.0. The summed E-state index contributed by atoms with van der Waals surface area (Å²) in [6.45, 7) is 0.555. The number of aryl methyl sites for hydroxylation is 1. The van der Waals surface area contributed by atoms with E-state index in [4.69, 9.17) is 0 Å². The zero-order valence-electron chi connectivity index (χ0n) is 19.9. The summed E-state index contributed by atoms with van der Waals surface area (Å²) < 4.78 is 81.7. The van der Waals surface area contributed by atoms with Gasteiger partial charge in [0.1, 0.15) is 0 Å². The third-order valence-corrected chi connectivity index (χ3v) is 5.22. The van der Waals surface area contributed by atoms with Crippen LogP contribution in [-0.2, 0) is 12.7 Å². The van der Waals surface area contributed by atoms with Crippen molar-refractivity contribution in [2.24, 2.45) is 0 Å². The molecule has 0 radical (unpaired) electrons. The highest BCUT2D eigenvalue weighted by molar-refractivity contribution is 5.64.